The predicted octanol–water partition coefficient (Wildman–Crippen LogP) is 2.34. The highest BCUT2D eigenvalue weighted by atomic mass is 16.3. The molecule has 3 heteroatoms. The zero-order valence-corrected chi connectivity index (χ0v) is 10.5. The van der Waals surface area contributed by atoms with Crippen molar-refractivity contribution in [1.29, 1.82) is 0 Å². The summed E-state index contributed by atoms with van der Waals surface area (Å²) in [6, 6.07) is 9.68. The van der Waals surface area contributed by atoms with Gasteiger partial charge in [-0.15, -0.1) is 0 Å². The maximum absolute atomic E-state index is 12.3. The van der Waals surface area contributed by atoms with Gasteiger partial charge in [0.2, 0.25) is 0 Å². The molecule has 2 fully saturated rings. The Morgan fingerprint density at radius 1 is 1.11 bits per heavy atom. The number of aliphatic hydroxyl groups is 1. The molecule has 0 unspecified atom stereocenters. The van der Waals surface area contributed by atoms with E-state index in [9.17, 15) is 9.90 Å². The normalized spacial score (nSPS) is 26.8. The first-order chi connectivity index (χ1) is 8.73. The summed E-state index contributed by atoms with van der Waals surface area (Å²) in [6.07, 6.45) is 4.64. The Morgan fingerprint density at radius 3 is 2.44 bits per heavy atom. The summed E-state index contributed by atoms with van der Waals surface area (Å²) in [4.78, 5) is 14.0. The lowest BCUT2D eigenvalue weighted by Crippen LogP contribution is -2.37. The summed E-state index contributed by atoms with van der Waals surface area (Å²) in [5, 5.41) is 10.3. The number of nitrogens with zero attached hydrogens (tertiary/aromatic N) is 1. The van der Waals surface area contributed by atoms with E-state index in [-0.39, 0.29) is 11.3 Å². The van der Waals surface area contributed by atoms with Crippen LogP contribution in [0.25, 0.3) is 0 Å². The number of carbonyl (C=O) groups excluding carboxylic acids is 1. The van der Waals surface area contributed by atoms with Crippen LogP contribution >= 0.6 is 0 Å². The third-order valence-corrected chi connectivity index (χ3v) is 4.47. The molecule has 1 aromatic rings. The van der Waals surface area contributed by atoms with Crippen LogP contribution in [-0.4, -0.2) is 23.7 Å². The van der Waals surface area contributed by atoms with Gasteiger partial charge < -0.3 is 10.0 Å². The van der Waals surface area contributed by atoms with E-state index in [2.05, 4.69) is 0 Å². The molecule has 1 N–H and O–H groups in total. The number of hydrogen-bond donors (Lipinski definition) is 1. The minimum Gasteiger partial charge on any atom is -0.383 e. The first-order valence-corrected chi connectivity index (χ1v) is 6.77. The molecule has 0 aromatic heterocycles. The third-order valence-electron chi connectivity index (χ3n) is 4.47. The molecule has 2 aliphatic rings. The molecule has 1 heterocycles. The van der Waals surface area contributed by atoms with Crippen LogP contribution in [0.2, 0.25) is 0 Å². The maximum atomic E-state index is 12.3. The first-order valence-electron chi connectivity index (χ1n) is 6.77. The monoisotopic (exact) mass is 245 g/mol. The molecule has 3 rings (SSSR count). The quantitative estimate of drug-likeness (QED) is 0.825. The first kappa shape index (κ1) is 11.7. The zero-order chi connectivity index (χ0) is 12.6. The van der Waals surface area contributed by atoms with Crippen LogP contribution in [0.15, 0.2) is 30.3 Å². The summed E-state index contributed by atoms with van der Waals surface area (Å²) in [6.45, 7) is 0.678. The van der Waals surface area contributed by atoms with Crippen molar-refractivity contribution in [3.05, 3.63) is 30.3 Å². The van der Waals surface area contributed by atoms with E-state index in [0.717, 1.165) is 31.4 Å². The number of hydrogen-bond acceptors (Lipinski definition) is 2. The van der Waals surface area contributed by atoms with Crippen LogP contribution in [0.1, 0.15) is 32.1 Å². The molecule has 1 spiro atoms. The van der Waals surface area contributed by atoms with Crippen molar-refractivity contribution in [2.45, 2.75) is 38.2 Å². The number of aliphatic hydroxyl groups excluding tert-OH is 1. The second-order valence-corrected chi connectivity index (χ2v) is 5.59. The van der Waals surface area contributed by atoms with E-state index < -0.39 is 6.10 Å². The van der Waals surface area contributed by atoms with Gasteiger partial charge in [0, 0.05) is 17.6 Å². The van der Waals surface area contributed by atoms with Crippen LogP contribution in [0.5, 0.6) is 0 Å². The van der Waals surface area contributed by atoms with Crippen molar-refractivity contribution in [2.24, 2.45) is 5.41 Å². The molecule has 0 radical (unpaired) electrons. The van der Waals surface area contributed by atoms with Crippen LogP contribution < -0.4 is 4.90 Å². The molecule has 1 saturated heterocycles. The number of anilines is 1. The number of para-hydroxylation sites is 1. The molecule has 1 atom stereocenters. The fourth-order valence-corrected chi connectivity index (χ4v) is 3.40. The summed E-state index contributed by atoms with van der Waals surface area (Å²) in [5.41, 5.74) is 0.717. The minimum absolute atomic E-state index is 0.122. The van der Waals surface area contributed by atoms with Gasteiger partial charge in [-0.2, -0.15) is 0 Å². The van der Waals surface area contributed by atoms with E-state index in [1.807, 2.05) is 30.3 Å². The number of rotatable bonds is 1. The largest absolute Gasteiger partial charge is 0.383 e. The Bertz CT molecular complexity index is 437. The molecule has 18 heavy (non-hydrogen) atoms. The van der Waals surface area contributed by atoms with Gasteiger partial charge in [-0.05, 0) is 25.0 Å². The average molecular weight is 245 g/mol. The van der Waals surface area contributed by atoms with Crippen molar-refractivity contribution in [1.82, 2.24) is 0 Å². The number of amides is 1. The van der Waals surface area contributed by atoms with E-state index in [1.54, 1.807) is 4.90 Å². The Hall–Kier alpha value is -1.35. The lowest BCUT2D eigenvalue weighted by molar-refractivity contribution is -0.128. The van der Waals surface area contributed by atoms with Crippen LogP contribution in [0.4, 0.5) is 5.69 Å². The SMILES string of the molecule is O=C1[C@@H](O)C2(CCCCC2)CN1c1ccccc1. The highest BCUT2D eigenvalue weighted by Crippen LogP contribution is 2.45. The lowest BCUT2D eigenvalue weighted by Gasteiger charge is -2.34. The summed E-state index contributed by atoms with van der Waals surface area (Å²) < 4.78 is 0. The van der Waals surface area contributed by atoms with Crippen LogP contribution in [-0.2, 0) is 4.79 Å². The summed E-state index contributed by atoms with van der Waals surface area (Å²) in [7, 11) is 0. The molecular formula is C15H19NO2. The van der Waals surface area contributed by atoms with E-state index in [4.69, 9.17) is 0 Å². The highest BCUT2D eigenvalue weighted by Gasteiger charge is 2.51. The minimum atomic E-state index is -0.807. The van der Waals surface area contributed by atoms with E-state index in [1.165, 1.54) is 6.42 Å². The molecule has 1 amide bonds. The Kier molecular flexibility index (Phi) is 2.86. The van der Waals surface area contributed by atoms with Gasteiger partial charge in [0.05, 0.1) is 0 Å². The van der Waals surface area contributed by atoms with Crippen molar-refractivity contribution < 1.29 is 9.90 Å². The van der Waals surface area contributed by atoms with E-state index in [0.29, 0.717) is 6.54 Å². The fraction of sp³-hybridized carbons (Fsp3) is 0.533. The smallest absolute Gasteiger partial charge is 0.256 e. The van der Waals surface area contributed by atoms with Gasteiger partial charge in [0.15, 0.2) is 0 Å². The standard InChI is InChI=1S/C15H19NO2/c17-13-14(18)16(12-7-3-1-4-8-12)11-15(13)9-5-2-6-10-15/h1,3-4,7-8,13,17H,2,5-6,9-11H2/t13-/m1/s1. The topological polar surface area (TPSA) is 40.5 Å². The van der Waals surface area contributed by atoms with Crippen LogP contribution in [0.3, 0.4) is 0 Å². The highest BCUT2D eigenvalue weighted by molar-refractivity contribution is 5.99. The number of benzene rings is 1. The molecular weight excluding hydrogens is 226 g/mol. The molecule has 3 nitrogen and oxygen atoms in total. The van der Waals surface area contributed by atoms with Gasteiger partial charge in [-0.1, -0.05) is 37.5 Å². The summed E-state index contributed by atoms with van der Waals surface area (Å²) in [5.74, 6) is -0.122. The average Bonchev–Trinajstić information content (AvgIpc) is 2.67. The maximum Gasteiger partial charge on any atom is 0.256 e. The van der Waals surface area contributed by atoms with Crippen molar-refractivity contribution in [2.75, 3.05) is 11.4 Å². The second kappa shape index (κ2) is 4.39. The molecule has 1 aliphatic carbocycles. The molecule has 0 bridgehead atoms. The fourth-order valence-electron chi connectivity index (χ4n) is 3.40. The van der Waals surface area contributed by atoms with Gasteiger partial charge in [-0.3, -0.25) is 4.79 Å². The third kappa shape index (κ3) is 1.74. The van der Waals surface area contributed by atoms with Crippen molar-refractivity contribution >= 4 is 11.6 Å². The van der Waals surface area contributed by atoms with E-state index >= 15 is 0 Å². The molecule has 96 valence electrons. The predicted molar refractivity (Wildman–Crippen MR) is 70.3 cm³/mol. The van der Waals surface area contributed by atoms with Gasteiger partial charge >= 0.3 is 0 Å². The van der Waals surface area contributed by atoms with Gasteiger partial charge in [0.1, 0.15) is 6.10 Å². The molecule has 1 saturated carbocycles. The van der Waals surface area contributed by atoms with Crippen LogP contribution in [0, 0.1) is 5.41 Å². The Labute approximate surface area is 107 Å². The van der Waals surface area contributed by atoms with Gasteiger partial charge in [-0.25, -0.2) is 0 Å². The number of carbonyl (C=O) groups is 1. The molecule has 1 aromatic carbocycles. The Balaban J connectivity index is 1.89. The van der Waals surface area contributed by atoms with Crippen molar-refractivity contribution in [3.8, 4) is 0 Å². The summed E-state index contributed by atoms with van der Waals surface area (Å²) >= 11 is 0. The zero-order valence-electron chi connectivity index (χ0n) is 10.5. The molecule has 1 aliphatic heterocycles. The van der Waals surface area contributed by atoms with Gasteiger partial charge in [0.25, 0.3) is 5.91 Å². The van der Waals surface area contributed by atoms with Crippen molar-refractivity contribution in [3.63, 3.8) is 0 Å². The Morgan fingerprint density at radius 2 is 1.78 bits per heavy atom. The lowest BCUT2D eigenvalue weighted by atomic mass is 9.72. The second-order valence-electron chi connectivity index (χ2n) is 5.59.